The Labute approximate surface area is 472 Å². The van der Waals surface area contributed by atoms with Crippen molar-refractivity contribution in [2.75, 3.05) is 19.8 Å². The van der Waals surface area contributed by atoms with Crippen molar-refractivity contribution in [3.63, 3.8) is 0 Å². The summed E-state index contributed by atoms with van der Waals surface area (Å²) in [6, 6.07) is -0.815. The highest BCUT2D eigenvalue weighted by Gasteiger charge is 2.44. The van der Waals surface area contributed by atoms with Crippen LogP contribution in [0, 0.1) is 0 Å². The Balaban J connectivity index is 2.06. The number of carbonyl (C=O) groups is 2. The highest BCUT2D eigenvalue weighted by atomic mass is 16.7. The minimum Gasteiger partial charge on any atom is -0.466 e. The van der Waals surface area contributed by atoms with Crippen molar-refractivity contribution < 1.29 is 49.3 Å². The number of amides is 1. The molecule has 0 aliphatic carbocycles. The number of hydrogen-bond donors (Lipinski definition) is 6. The molecule has 1 fully saturated rings. The van der Waals surface area contributed by atoms with E-state index in [0.717, 1.165) is 83.5 Å². The molecular weight excluding hydrogens is 967 g/mol. The molecule has 0 saturated carbocycles. The van der Waals surface area contributed by atoms with Crippen LogP contribution in [0.4, 0.5) is 0 Å². The zero-order valence-electron chi connectivity index (χ0n) is 49.7. The van der Waals surface area contributed by atoms with E-state index in [2.05, 4.69) is 55.6 Å². The molecule has 0 aromatic rings. The maximum atomic E-state index is 13.0. The molecule has 0 radical (unpaired) electrons. The van der Waals surface area contributed by atoms with Gasteiger partial charge in [0, 0.05) is 12.8 Å². The quantitative estimate of drug-likeness (QED) is 0.0195. The summed E-state index contributed by atoms with van der Waals surface area (Å²) >= 11 is 0. The van der Waals surface area contributed by atoms with Crippen LogP contribution >= 0.6 is 0 Å². The van der Waals surface area contributed by atoms with Crippen molar-refractivity contribution in [1.29, 1.82) is 0 Å². The molecule has 1 heterocycles. The lowest BCUT2D eigenvalue weighted by atomic mass is 9.99. The Bertz CT molecular complexity index is 1420. The highest BCUT2D eigenvalue weighted by molar-refractivity contribution is 5.76. The third-order valence-electron chi connectivity index (χ3n) is 15.2. The van der Waals surface area contributed by atoms with Gasteiger partial charge in [0.1, 0.15) is 24.4 Å². The smallest absolute Gasteiger partial charge is 0.305 e. The van der Waals surface area contributed by atoms with Crippen molar-refractivity contribution in [2.45, 2.75) is 339 Å². The third kappa shape index (κ3) is 45.0. The molecule has 1 aliphatic rings. The summed E-state index contributed by atoms with van der Waals surface area (Å²) in [6.07, 6.45) is 60.7. The summed E-state index contributed by atoms with van der Waals surface area (Å²) in [5.74, 6) is -0.201. The fourth-order valence-electron chi connectivity index (χ4n) is 9.98. The first-order valence-electron chi connectivity index (χ1n) is 32.4. The number of carbonyl (C=O) groups excluding carboxylic acids is 2. The number of aliphatic hydroxyl groups is 5. The Morgan fingerprint density at radius 3 is 1.36 bits per heavy atom. The van der Waals surface area contributed by atoms with Gasteiger partial charge in [0.15, 0.2) is 6.29 Å². The standard InChI is InChI=1S/C66H121NO10/c1-3-5-7-9-11-13-15-29-33-36-40-44-48-52-59(69)58(57-76-66-65(74)64(73)63(72)60(56-68)77-66)67-61(70)53-49-45-41-37-34-30-27-25-23-21-19-17-16-18-20-22-24-26-28-31-35-39-43-47-51-55-75-62(71)54-50-46-42-38-32-14-12-10-8-6-4-2/h10,12,17-20,48,52,58-60,63-66,68-69,72-74H,3-9,11,13-16,21-47,49-51,53-57H2,1-2H3,(H,67,70)/b12-10-,19-17-,20-18-,52-48+. The van der Waals surface area contributed by atoms with E-state index in [1.54, 1.807) is 6.08 Å². The van der Waals surface area contributed by atoms with Gasteiger partial charge in [-0.1, -0.05) is 249 Å². The molecule has 450 valence electrons. The van der Waals surface area contributed by atoms with Crippen LogP contribution in [0.3, 0.4) is 0 Å². The van der Waals surface area contributed by atoms with E-state index in [-0.39, 0.29) is 18.5 Å². The van der Waals surface area contributed by atoms with Gasteiger partial charge < -0.3 is 45.1 Å². The molecule has 7 unspecified atom stereocenters. The summed E-state index contributed by atoms with van der Waals surface area (Å²) < 4.78 is 16.7. The van der Waals surface area contributed by atoms with Gasteiger partial charge in [-0.05, 0) is 83.5 Å². The topological polar surface area (TPSA) is 175 Å². The number of aliphatic hydroxyl groups excluding tert-OH is 5. The molecule has 0 aromatic carbocycles. The van der Waals surface area contributed by atoms with E-state index in [0.29, 0.717) is 19.4 Å². The summed E-state index contributed by atoms with van der Waals surface area (Å²) in [7, 11) is 0. The van der Waals surface area contributed by atoms with Crippen molar-refractivity contribution in [1.82, 2.24) is 5.32 Å². The number of ether oxygens (including phenoxy) is 3. The van der Waals surface area contributed by atoms with Gasteiger partial charge in [-0.25, -0.2) is 0 Å². The first-order valence-corrected chi connectivity index (χ1v) is 32.4. The SMILES string of the molecule is CCCC/C=C\CCCCCCCC(=O)OCCCCCCCCCCC/C=C\C/C=C\CCCCCCCCCCCC(=O)NC(COC1OC(CO)C(O)C(O)C1O)C(O)/C=C/CCCCCCCCCCCCC. The summed E-state index contributed by atoms with van der Waals surface area (Å²) in [5.41, 5.74) is 0. The van der Waals surface area contributed by atoms with E-state index in [1.165, 1.54) is 186 Å². The number of nitrogens with one attached hydrogen (secondary N) is 1. The van der Waals surface area contributed by atoms with Crippen molar-refractivity contribution >= 4 is 11.9 Å². The zero-order valence-corrected chi connectivity index (χ0v) is 49.7. The molecule has 7 atom stereocenters. The molecular formula is C66H121NO10. The fourth-order valence-corrected chi connectivity index (χ4v) is 9.98. The van der Waals surface area contributed by atoms with Crippen LogP contribution in [-0.2, 0) is 23.8 Å². The second kappa shape index (κ2) is 55.5. The van der Waals surface area contributed by atoms with E-state index >= 15 is 0 Å². The molecule has 0 spiro atoms. The number of allylic oxidation sites excluding steroid dienone is 7. The van der Waals surface area contributed by atoms with Crippen molar-refractivity contribution in [3.8, 4) is 0 Å². The lowest BCUT2D eigenvalue weighted by Gasteiger charge is -2.40. The maximum Gasteiger partial charge on any atom is 0.305 e. The van der Waals surface area contributed by atoms with Crippen LogP contribution in [0.5, 0.6) is 0 Å². The van der Waals surface area contributed by atoms with Gasteiger partial charge >= 0.3 is 5.97 Å². The molecule has 1 rings (SSSR count). The molecule has 1 amide bonds. The normalized spacial score (nSPS) is 18.9. The minimum atomic E-state index is -1.57. The number of unbranched alkanes of at least 4 members (excludes halogenated alkanes) is 36. The van der Waals surface area contributed by atoms with Gasteiger partial charge in [0.25, 0.3) is 0 Å². The third-order valence-corrected chi connectivity index (χ3v) is 15.2. The largest absolute Gasteiger partial charge is 0.466 e. The van der Waals surface area contributed by atoms with Crippen molar-refractivity contribution in [3.05, 3.63) is 48.6 Å². The van der Waals surface area contributed by atoms with E-state index in [9.17, 15) is 35.1 Å². The average Bonchev–Trinajstić information content (AvgIpc) is 3.43. The molecule has 1 aliphatic heterocycles. The monoisotopic (exact) mass is 1090 g/mol. The van der Waals surface area contributed by atoms with Gasteiger partial charge in [-0.3, -0.25) is 9.59 Å². The summed E-state index contributed by atoms with van der Waals surface area (Å²) in [4.78, 5) is 25.1. The van der Waals surface area contributed by atoms with Crippen LogP contribution < -0.4 is 5.32 Å². The minimum absolute atomic E-state index is 0.0130. The molecule has 1 saturated heterocycles. The van der Waals surface area contributed by atoms with E-state index in [1.807, 2.05) is 6.08 Å². The molecule has 0 aromatic heterocycles. The molecule has 11 nitrogen and oxygen atoms in total. The van der Waals surface area contributed by atoms with Gasteiger partial charge in [-0.15, -0.1) is 0 Å². The van der Waals surface area contributed by atoms with Crippen LogP contribution in [0.1, 0.15) is 296 Å². The van der Waals surface area contributed by atoms with Crippen LogP contribution in [0.2, 0.25) is 0 Å². The fraction of sp³-hybridized carbons (Fsp3) is 0.848. The van der Waals surface area contributed by atoms with Crippen LogP contribution in [0.15, 0.2) is 48.6 Å². The molecule has 0 bridgehead atoms. The van der Waals surface area contributed by atoms with Crippen LogP contribution in [0.25, 0.3) is 0 Å². The molecule has 77 heavy (non-hydrogen) atoms. The lowest BCUT2D eigenvalue weighted by molar-refractivity contribution is -0.302. The second-order valence-corrected chi connectivity index (χ2v) is 22.5. The lowest BCUT2D eigenvalue weighted by Crippen LogP contribution is -2.60. The highest BCUT2D eigenvalue weighted by Crippen LogP contribution is 2.23. The number of esters is 1. The summed E-state index contributed by atoms with van der Waals surface area (Å²) in [6.45, 7) is 4.30. The van der Waals surface area contributed by atoms with Crippen molar-refractivity contribution in [2.24, 2.45) is 0 Å². The number of rotatable bonds is 56. The zero-order chi connectivity index (χ0) is 55.9. The summed E-state index contributed by atoms with van der Waals surface area (Å²) in [5, 5.41) is 54.4. The number of hydrogen-bond acceptors (Lipinski definition) is 10. The predicted molar refractivity (Wildman–Crippen MR) is 320 cm³/mol. The second-order valence-electron chi connectivity index (χ2n) is 22.5. The first kappa shape index (κ1) is 72.6. The Kier molecular flexibility index (Phi) is 52.4. The molecule has 11 heteroatoms. The predicted octanol–water partition coefficient (Wildman–Crippen LogP) is 15.6. The van der Waals surface area contributed by atoms with E-state index in [4.69, 9.17) is 14.2 Å². The Hall–Kier alpha value is -2.38. The Morgan fingerprint density at radius 1 is 0.481 bits per heavy atom. The van der Waals surface area contributed by atoms with Gasteiger partial charge in [0.2, 0.25) is 5.91 Å². The van der Waals surface area contributed by atoms with E-state index < -0.39 is 49.5 Å². The Morgan fingerprint density at radius 2 is 0.883 bits per heavy atom. The van der Waals surface area contributed by atoms with Gasteiger partial charge in [0.05, 0.1) is 32.0 Å². The average molecular weight is 1090 g/mol. The molecule has 6 N–H and O–H groups in total. The van der Waals surface area contributed by atoms with Crippen LogP contribution in [-0.4, -0.2) is 100 Å². The first-order chi connectivity index (χ1) is 37.7. The maximum absolute atomic E-state index is 13.0. The van der Waals surface area contributed by atoms with Gasteiger partial charge in [-0.2, -0.15) is 0 Å².